The Kier molecular flexibility index (Phi) is 5.21. The van der Waals surface area contributed by atoms with E-state index in [-0.39, 0.29) is 25.0 Å². The first-order valence-electron chi connectivity index (χ1n) is 8.67. The number of para-hydroxylation sites is 1. The lowest BCUT2D eigenvalue weighted by atomic mass is 10.1. The standard InChI is InChI=1S/C19H16Cl2N4O3/c20-14-6-3-7-15(21)16(14)23-19-22-8-9-25(19)28-11-10-24-17(26)12-4-1-2-5-13(12)18(24)27/h1-7H,8-11H2,(H,22,23). The topological polar surface area (TPSA) is 74.2 Å². The molecule has 28 heavy (non-hydrogen) atoms. The molecule has 1 N–H and O–H groups in total. The average molecular weight is 419 g/mol. The van der Waals surface area contributed by atoms with E-state index in [0.29, 0.717) is 45.9 Å². The van der Waals surface area contributed by atoms with Crippen molar-refractivity contribution in [2.24, 2.45) is 4.99 Å². The Morgan fingerprint density at radius 1 is 1.00 bits per heavy atom. The van der Waals surface area contributed by atoms with Crippen LogP contribution in [0.1, 0.15) is 20.7 Å². The highest BCUT2D eigenvalue weighted by Gasteiger charge is 2.35. The van der Waals surface area contributed by atoms with E-state index in [1.165, 1.54) is 4.90 Å². The average Bonchev–Trinajstić information content (AvgIpc) is 3.23. The van der Waals surface area contributed by atoms with Gasteiger partial charge in [-0.25, -0.2) is 10.1 Å². The van der Waals surface area contributed by atoms with E-state index in [1.807, 2.05) is 0 Å². The summed E-state index contributed by atoms with van der Waals surface area (Å²) in [6, 6.07) is 12.0. The number of hydroxylamine groups is 2. The van der Waals surface area contributed by atoms with Crippen LogP contribution in [0, 0.1) is 0 Å². The van der Waals surface area contributed by atoms with Crippen LogP contribution in [0.2, 0.25) is 10.0 Å². The summed E-state index contributed by atoms with van der Waals surface area (Å²) in [6.45, 7) is 1.36. The lowest BCUT2D eigenvalue weighted by molar-refractivity contribution is -0.0932. The minimum absolute atomic E-state index is 0.141. The van der Waals surface area contributed by atoms with Gasteiger partial charge < -0.3 is 5.32 Å². The number of guanidine groups is 1. The molecule has 2 aromatic rings. The molecule has 4 rings (SSSR count). The number of hydrogen-bond donors (Lipinski definition) is 1. The largest absolute Gasteiger partial charge is 0.322 e. The molecule has 144 valence electrons. The van der Waals surface area contributed by atoms with E-state index in [9.17, 15) is 9.59 Å². The number of rotatable bonds is 5. The van der Waals surface area contributed by atoms with Crippen molar-refractivity contribution in [3.05, 3.63) is 63.6 Å². The van der Waals surface area contributed by atoms with Crippen LogP contribution in [0.15, 0.2) is 47.5 Å². The van der Waals surface area contributed by atoms with Gasteiger partial charge in [-0.3, -0.25) is 19.3 Å². The molecule has 0 aliphatic carbocycles. The zero-order valence-corrected chi connectivity index (χ0v) is 16.2. The highest BCUT2D eigenvalue weighted by atomic mass is 35.5. The van der Waals surface area contributed by atoms with E-state index in [0.717, 1.165) is 0 Å². The summed E-state index contributed by atoms with van der Waals surface area (Å²) in [5.41, 5.74) is 1.39. The number of benzene rings is 2. The quantitative estimate of drug-likeness (QED) is 0.753. The van der Waals surface area contributed by atoms with Crippen LogP contribution in [-0.4, -0.2) is 54.0 Å². The van der Waals surface area contributed by atoms with Crippen molar-refractivity contribution in [3.63, 3.8) is 0 Å². The Balaban J connectivity index is 1.36. The van der Waals surface area contributed by atoms with Gasteiger partial charge in [-0.2, -0.15) is 0 Å². The normalized spacial score (nSPS) is 15.9. The van der Waals surface area contributed by atoms with Gasteiger partial charge in [0.25, 0.3) is 11.8 Å². The van der Waals surface area contributed by atoms with Gasteiger partial charge in [0, 0.05) is 0 Å². The van der Waals surface area contributed by atoms with Gasteiger partial charge in [-0.1, -0.05) is 41.4 Å². The molecule has 0 saturated carbocycles. The zero-order valence-electron chi connectivity index (χ0n) is 14.7. The lowest BCUT2D eigenvalue weighted by Crippen LogP contribution is -2.38. The Labute approximate surface area is 171 Å². The number of aliphatic imine (C=N–C) groups is 1. The van der Waals surface area contributed by atoms with Crippen molar-refractivity contribution in [1.29, 1.82) is 0 Å². The molecule has 7 nitrogen and oxygen atoms in total. The van der Waals surface area contributed by atoms with Crippen molar-refractivity contribution < 1.29 is 14.4 Å². The fourth-order valence-corrected chi connectivity index (χ4v) is 3.56. The molecule has 0 saturated heterocycles. The second kappa shape index (κ2) is 7.79. The van der Waals surface area contributed by atoms with Gasteiger partial charge in [0.1, 0.15) is 0 Å². The van der Waals surface area contributed by atoms with Crippen molar-refractivity contribution in [1.82, 2.24) is 9.96 Å². The Bertz CT molecular complexity index is 924. The predicted molar refractivity (Wildman–Crippen MR) is 107 cm³/mol. The maximum Gasteiger partial charge on any atom is 0.261 e. The molecule has 9 heteroatoms. The van der Waals surface area contributed by atoms with Gasteiger partial charge in [0.15, 0.2) is 0 Å². The maximum atomic E-state index is 12.4. The predicted octanol–water partition coefficient (Wildman–Crippen LogP) is 3.30. The molecule has 2 aliphatic rings. The van der Waals surface area contributed by atoms with Gasteiger partial charge in [-0.15, -0.1) is 0 Å². The number of halogens is 2. The smallest absolute Gasteiger partial charge is 0.261 e. The molecule has 2 heterocycles. The van der Waals surface area contributed by atoms with Crippen molar-refractivity contribution in [3.8, 4) is 0 Å². The first-order chi connectivity index (χ1) is 13.6. The molecule has 2 aromatic carbocycles. The molecule has 0 unspecified atom stereocenters. The summed E-state index contributed by atoms with van der Waals surface area (Å²) in [7, 11) is 0. The summed E-state index contributed by atoms with van der Waals surface area (Å²) in [4.78, 5) is 36.0. The number of fused-ring (bicyclic) bond motifs is 1. The van der Waals surface area contributed by atoms with E-state index >= 15 is 0 Å². The number of carbonyl (C=O) groups is 2. The number of imide groups is 1. The highest BCUT2D eigenvalue weighted by Crippen LogP contribution is 2.30. The minimum Gasteiger partial charge on any atom is -0.322 e. The van der Waals surface area contributed by atoms with Crippen molar-refractivity contribution >= 4 is 46.7 Å². The summed E-state index contributed by atoms with van der Waals surface area (Å²) < 4.78 is 0. The molecule has 0 aromatic heterocycles. The minimum atomic E-state index is -0.305. The van der Waals surface area contributed by atoms with Crippen molar-refractivity contribution in [2.75, 3.05) is 31.6 Å². The molecule has 2 amide bonds. The number of carbonyl (C=O) groups excluding carboxylic acids is 2. The van der Waals surface area contributed by atoms with Gasteiger partial charge in [-0.05, 0) is 24.3 Å². The van der Waals surface area contributed by atoms with Gasteiger partial charge in [0.2, 0.25) is 5.96 Å². The number of anilines is 1. The second-order valence-electron chi connectivity index (χ2n) is 6.17. The second-order valence-corrected chi connectivity index (χ2v) is 6.98. The van der Waals surface area contributed by atoms with Crippen LogP contribution in [0.5, 0.6) is 0 Å². The molecule has 0 spiro atoms. The fourth-order valence-electron chi connectivity index (χ4n) is 3.07. The summed E-state index contributed by atoms with van der Waals surface area (Å²) in [5, 5.41) is 5.58. The monoisotopic (exact) mass is 418 g/mol. The Morgan fingerprint density at radius 2 is 1.64 bits per heavy atom. The molecule has 2 aliphatic heterocycles. The molecular formula is C19H16Cl2N4O3. The third-order valence-corrected chi connectivity index (χ3v) is 5.07. The van der Waals surface area contributed by atoms with E-state index in [4.69, 9.17) is 28.0 Å². The number of nitrogens with one attached hydrogen (secondary N) is 1. The molecule has 0 fully saturated rings. The summed E-state index contributed by atoms with van der Waals surface area (Å²) in [6.07, 6.45) is 0. The van der Waals surface area contributed by atoms with E-state index in [2.05, 4.69) is 10.3 Å². The SMILES string of the molecule is O=C1c2ccccc2C(=O)N1CCON1CCN=C1Nc1c(Cl)cccc1Cl. The van der Waals surface area contributed by atoms with Crippen LogP contribution < -0.4 is 5.32 Å². The molecular weight excluding hydrogens is 403 g/mol. The Hall–Kier alpha value is -2.61. The van der Waals surface area contributed by atoms with Crippen LogP contribution in [0.3, 0.4) is 0 Å². The summed E-state index contributed by atoms with van der Waals surface area (Å²) >= 11 is 12.4. The van der Waals surface area contributed by atoms with Crippen LogP contribution >= 0.6 is 23.2 Å². The van der Waals surface area contributed by atoms with Crippen LogP contribution in [0.4, 0.5) is 5.69 Å². The fraction of sp³-hybridized carbons (Fsp3) is 0.211. The van der Waals surface area contributed by atoms with Gasteiger partial charge in [0.05, 0.1) is 53.1 Å². The maximum absolute atomic E-state index is 12.4. The lowest BCUT2D eigenvalue weighted by Gasteiger charge is -2.22. The van der Waals surface area contributed by atoms with Crippen molar-refractivity contribution in [2.45, 2.75) is 0 Å². The summed E-state index contributed by atoms with van der Waals surface area (Å²) in [5.74, 6) is -0.140. The van der Waals surface area contributed by atoms with Gasteiger partial charge >= 0.3 is 0 Å². The highest BCUT2D eigenvalue weighted by molar-refractivity contribution is 6.39. The number of hydrogen-bond acceptors (Lipinski definition) is 6. The van der Waals surface area contributed by atoms with E-state index in [1.54, 1.807) is 47.5 Å². The molecule has 0 bridgehead atoms. The zero-order chi connectivity index (χ0) is 19.7. The number of amides is 2. The number of nitrogens with zero attached hydrogens (tertiary/aromatic N) is 3. The Morgan fingerprint density at radius 3 is 2.29 bits per heavy atom. The third kappa shape index (κ3) is 3.44. The molecule has 0 atom stereocenters. The van der Waals surface area contributed by atoms with E-state index < -0.39 is 0 Å². The first-order valence-corrected chi connectivity index (χ1v) is 9.43. The van der Waals surface area contributed by atoms with Crippen LogP contribution in [0.25, 0.3) is 0 Å². The molecule has 0 radical (unpaired) electrons. The van der Waals surface area contributed by atoms with Crippen LogP contribution in [-0.2, 0) is 4.84 Å². The third-order valence-electron chi connectivity index (χ3n) is 4.44. The first kappa shape index (κ1) is 18.7.